The minimum Gasteiger partial charge on any atom is -0.256 e. The van der Waals surface area contributed by atoms with E-state index in [0.717, 1.165) is 17.1 Å². The van der Waals surface area contributed by atoms with Crippen LogP contribution >= 0.6 is 0 Å². The van der Waals surface area contributed by atoms with Crippen LogP contribution in [0.5, 0.6) is 0 Å². The van der Waals surface area contributed by atoms with Crippen molar-refractivity contribution in [2.45, 2.75) is 20.8 Å². The Balaban J connectivity index is 0.000000163. The molecule has 0 aliphatic carbocycles. The quantitative estimate of drug-likeness (QED) is 0.185. The molecule has 0 bridgehead atoms. The fourth-order valence-electron chi connectivity index (χ4n) is 4.01. The minimum absolute atomic E-state index is 0. The predicted molar refractivity (Wildman–Crippen MR) is 163 cm³/mol. The van der Waals surface area contributed by atoms with Crippen LogP contribution in [0.4, 0.5) is 0 Å². The molecule has 0 aliphatic rings. The van der Waals surface area contributed by atoms with Crippen LogP contribution in [-0.2, 0) is 20.1 Å². The fourth-order valence-corrected chi connectivity index (χ4v) is 4.01. The summed E-state index contributed by atoms with van der Waals surface area (Å²) in [5.41, 5.74) is 10.4. The predicted octanol–water partition coefficient (Wildman–Crippen LogP) is 9.17. The summed E-state index contributed by atoms with van der Waals surface area (Å²) in [6, 6.07) is 43.0. The molecule has 0 saturated heterocycles. The molecule has 0 saturated carbocycles. The van der Waals surface area contributed by atoms with Crippen molar-refractivity contribution >= 4 is 0 Å². The number of hydrogen-bond acceptors (Lipinski definition) is 3. The van der Waals surface area contributed by atoms with E-state index < -0.39 is 0 Å². The van der Waals surface area contributed by atoms with Gasteiger partial charge >= 0.3 is 0 Å². The molecule has 1 radical (unpaired) electrons. The molecule has 40 heavy (non-hydrogen) atoms. The summed E-state index contributed by atoms with van der Waals surface area (Å²) in [7, 11) is 0. The molecule has 3 aromatic heterocycles. The average molecular weight is 700 g/mol. The first-order valence-corrected chi connectivity index (χ1v) is 13.0. The summed E-state index contributed by atoms with van der Waals surface area (Å²) in [6.45, 7) is 6.27. The van der Waals surface area contributed by atoms with Gasteiger partial charge in [-0.3, -0.25) is 15.0 Å². The van der Waals surface area contributed by atoms with E-state index in [2.05, 4.69) is 109 Å². The van der Waals surface area contributed by atoms with Gasteiger partial charge in [-0.15, -0.1) is 0 Å². The molecule has 4 heteroatoms. The molecule has 0 N–H and O–H groups in total. The second-order valence-corrected chi connectivity index (χ2v) is 9.25. The van der Waals surface area contributed by atoms with Crippen molar-refractivity contribution in [2.75, 3.05) is 0 Å². The van der Waals surface area contributed by atoms with Crippen LogP contribution in [0.25, 0.3) is 33.8 Å². The van der Waals surface area contributed by atoms with Crippen LogP contribution in [0.1, 0.15) is 16.7 Å². The molecule has 0 aliphatic heterocycles. The van der Waals surface area contributed by atoms with E-state index in [1.54, 1.807) is 0 Å². The number of aromatic nitrogens is 3. The molecule has 3 heterocycles. The Kier molecular flexibility index (Phi) is 12.1. The second kappa shape index (κ2) is 16.0. The fraction of sp³-hybridized carbons (Fsp3) is 0.0833. The van der Waals surface area contributed by atoms with Gasteiger partial charge in [0.2, 0.25) is 0 Å². The molecule has 0 fully saturated rings. The van der Waals surface area contributed by atoms with Gasteiger partial charge in [-0.05, 0) is 75.4 Å². The Labute approximate surface area is 251 Å². The normalized spacial score (nSPS) is 9.68. The van der Waals surface area contributed by atoms with Gasteiger partial charge in [0, 0.05) is 55.4 Å². The van der Waals surface area contributed by atoms with E-state index in [4.69, 9.17) is 0 Å². The number of nitrogens with zero attached hydrogens (tertiary/aromatic N) is 3. The molecular weight excluding hydrogens is 667 g/mol. The summed E-state index contributed by atoms with van der Waals surface area (Å²) in [4.78, 5) is 12.9. The van der Waals surface area contributed by atoms with Crippen LogP contribution in [0.15, 0.2) is 146 Å². The number of pyridine rings is 3. The molecule has 3 aromatic carbocycles. The summed E-state index contributed by atoms with van der Waals surface area (Å²) in [6.07, 6.45) is 5.45. The first-order chi connectivity index (χ1) is 19.1. The Morgan fingerprint density at radius 3 is 0.875 bits per heavy atom. The maximum absolute atomic E-state index is 4.29. The van der Waals surface area contributed by atoms with Gasteiger partial charge in [0.25, 0.3) is 0 Å². The van der Waals surface area contributed by atoms with E-state index in [-0.39, 0.29) is 20.1 Å². The van der Waals surface area contributed by atoms with Crippen LogP contribution < -0.4 is 0 Å². The zero-order valence-electron chi connectivity index (χ0n) is 23.0. The largest absolute Gasteiger partial charge is 0.256 e. The first kappa shape index (κ1) is 30.3. The molecule has 3 nitrogen and oxygen atoms in total. The first-order valence-electron chi connectivity index (χ1n) is 13.0. The van der Waals surface area contributed by atoms with E-state index in [0.29, 0.717) is 0 Å². The van der Waals surface area contributed by atoms with Gasteiger partial charge in [-0.1, -0.05) is 89.5 Å². The topological polar surface area (TPSA) is 38.7 Å². The Morgan fingerprint density at radius 2 is 0.650 bits per heavy atom. The molecule has 0 atom stereocenters. The van der Waals surface area contributed by atoms with Crippen molar-refractivity contribution in [2.24, 2.45) is 0 Å². The van der Waals surface area contributed by atoms with Crippen molar-refractivity contribution in [1.29, 1.82) is 0 Å². The molecule has 201 valence electrons. The SMILES string of the molecule is Cc1cccc(-c2ccccn2)c1.Cc1cccc(-c2ccccn2)c1.Cc1cccc(-c2ccccn2)c1.[Ir]. The average Bonchev–Trinajstić information content (AvgIpc) is 2.99. The summed E-state index contributed by atoms with van der Waals surface area (Å²) in [5, 5.41) is 0. The second-order valence-electron chi connectivity index (χ2n) is 9.25. The van der Waals surface area contributed by atoms with Crippen LogP contribution in [0.2, 0.25) is 0 Å². The third-order valence-corrected chi connectivity index (χ3v) is 5.94. The summed E-state index contributed by atoms with van der Waals surface area (Å²) < 4.78 is 0. The number of hydrogen-bond donors (Lipinski definition) is 0. The number of aryl methyl sites for hydroxylation is 3. The Morgan fingerprint density at radius 1 is 0.350 bits per heavy atom. The van der Waals surface area contributed by atoms with Crippen molar-refractivity contribution in [3.05, 3.63) is 163 Å². The minimum atomic E-state index is 0. The standard InChI is InChI=1S/3C12H11N.Ir/c3*1-10-5-4-6-11(9-10)12-7-2-3-8-13-12;/h3*2-9H,1H3;. The molecular formula is C36H33IrN3. The van der Waals surface area contributed by atoms with Crippen molar-refractivity contribution in [1.82, 2.24) is 15.0 Å². The van der Waals surface area contributed by atoms with Gasteiger partial charge in [0.05, 0.1) is 17.1 Å². The van der Waals surface area contributed by atoms with Crippen molar-refractivity contribution < 1.29 is 20.1 Å². The smallest absolute Gasteiger partial charge is 0.0702 e. The van der Waals surface area contributed by atoms with E-state index in [1.165, 1.54) is 33.4 Å². The van der Waals surface area contributed by atoms with Gasteiger partial charge < -0.3 is 0 Å². The maximum Gasteiger partial charge on any atom is 0.0702 e. The molecule has 0 unspecified atom stereocenters. The van der Waals surface area contributed by atoms with Gasteiger partial charge in [0.15, 0.2) is 0 Å². The Bertz CT molecular complexity index is 1380. The van der Waals surface area contributed by atoms with Gasteiger partial charge in [0.1, 0.15) is 0 Å². The van der Waals surface area contributed by atoms with Crippen LogP contribution in [0.3, 0.4) is 0 Å². The number of rotatable bonds is 3. The maximum atomic E-state index is 4.29. The number of benzene rings is 3. The van der Waals surface area contributed by atoms with E-state index >= 15 is 0 Å². The molecule has 0 amide bonds. The monoisotopic (exact) mass is 700 g/mol. The van der Waals surface area contributed by atoms with Gasteiger partial charge in [-0.2, -0.15) is 0 Å². The zero-order valence-corrected chi connectivity index (χ0v) is 25.4. The summed E-state index contributed by atoms with van der Waals surface area (Å²) >= 11 is 0. The van der Waals surface area contributed by atoms with Crippen LogP contribution in [0, 0.1) is 20.8 Å². The molecule has 0 spiro atoms. The zero-order chi connectivity index (χ0) is 27.3. The summed E-state index contributed by atoms with van der Waals surface area (Å²) in [5.74, 6) is 0. The van der Waals surface area contributed by atoms with E-state index in [9.17, 15) is 0 Å². The molecule has 6 aromatic rings. The van der Waals surface area contributed by atoms with Gasteiger partial charge in [-0.25, -0.2) is 0 Å². The van der Waals surface area contributed by atoms with E-state index in [1.807, 2.05) is 73.2 Å². The van der Waals surface area contributed by atoms with Crippen LogP contribution in [-0.4, -0.2) is 15.0 Å². The van der Waals surface area contributed by atoms with Crippen molar-refractivity contribution in [3.63, 3.8) is 0 Å². The third-order valence-electron chi connectivity index (χ3n) is 5.94. The molecule has 6 rings (SSSR count). The van der Waals surface area contributed by atoms with Crippen molar-refractivity contribution in [3.8, 4) is 33.8 Å². The Hall–Kier alpha value is -4.24. The third kappa shape index (κ3) is 9.50.